The Morgan fingerprint density at radius 1 is 1.16 bits per heavy atom. The van der Waals surface area contributed by atoms with E-state index in [1.54, 1.807) is 0 Å². The maximum atomic E-state index is 13.1. The molecule has 0 unspecified atom stereocenters. The summed E-state index contributed by atoms with van der Waals surface area (Å²) in [7, 11) is 0. The molecule has 136 valence electrons. The lowest BCUT2D eigenvalue weighted by Crippen LogP contribution is -2.65. The van der Waals surface area contributed by atoms with Crippen molar-refractivity contribution in [2.45, 2.75) is 43.6 Å². The molecule has 25 heavy (non-hydrogen) atoms. The van der Waals surface area contributed by atoms with Gasteiger partial charge in [0, 0.05) is 11.1 Å². The smallest absolute Gasteiger partial charge is 0.395 e. The molecule has 1 amide bonds. The van der Waals surface area contributed by atoms with Crippen molar-refractivity contribution in [3.63, 3.8) is 0 Å². The summed E-state index contributed by atoms with van der Waals surface area (Å²) in [6.07, 6.45) is 0.815. The highest BCUT2D eigenvalue weighted by molar-refractivity contribution is 5.95. The van der Waals surface area contributed by atoms with E-state index in [2.05, 4.69) is 19.7 Å². The predicted molar refractivity (Wildman–Crippen MR) is 87.4 cm³/mol. The molecule has 1 atom stereocenters. The number of benzene rings is 1. The largest absolute Gasteiger partial charge is 0.586 e. The van der Waals surface area contributed by atoms with E-state index in [1.165, 1.54) is 18.2 Å². The molecule has 2 bridgehead atoms. The maximum Gasteiger partial charge on any atom is 0.586 e. The number of ether oxygens (including phenoxy) is 2. The van der Waals surface area contributed by atoms with Gasteiger partial charge in [0.2, 0.25) is 0 Å². The van der Waals surface area contributed by atoms with E-state index in [9.17, 15) is 13.6 Å². The second-order valence-corrected chi connectivity index (χ2v) is 7.21. The molecule has 5 aliphatic rings. The van der Waals surface area contributed by atoms with Gasteiger partial charge in [-0.3, -0.25) is 9.69 Å². The van der Waals surface area contributed by atoms with Crippen LogP contribution in [0.25, 0.3) is 0 Å². The first kappa shape index (κ1) is 16.8. The average Bonchev–Trinajstić information content (AvgIpc) is 3.26. The van der Waals surface area contributed by atoms with E-state index < -0.39 is 6.29 Å². The number of carbonyl (C=O) groups is 1. The molecule has 1 aromatic rings. The van der Waals surface area contributed by atoms with Crippen molar-refractivity contribution >= 4 is 18.3 Å². The van der Waals surface area contributed by atoms with Crippen LogP contribution < -0.4 is 14.8 Å². The Morgan fingerprint density at radius 3 is 2.52 bits per heavy atom. The van der Waals surface area contributed by atoms with E-state index in [0.717, 1.165) is 38.8 Å². The number of fused-ring (bicyclic) bond motifs is 3. The second-order valence-electron chi connectivity index (χ2n) is 7.21. The summed E-state index contributed by atoms with van der Waals surface area (Å²) >= 11 is 0. The Morgan fingerprint density at radius 2 is 1.84 bits per heavy atom. The van der Waals surface area contributed by atoms with Crippen LogP contribution in [0.3, 0.4) is 0 Å². The summed E-state index contributed by atoms with van der Waals surface area (Å²) in [5, 5.41) is 3.17. The maximum absolute atomic E-state index is 13.1. The second kappa shape index (κ2) is 5.45. The van der Waals surface area contributed by atoms with Crippen molar-refractivity contribution in [3.05, 3.63) is 23.8 Å². The molecule has 4 fully saturated rings. The highest BCUT2D eigenvalue weighted by atomic mass is 35.5. The Balaban J connectivity index is 0.00000157. The van der Waals surface area contributed by atoms with Crippen molar-refractivity contribution in [2.24, 2.45) is 5.92 Å². The zero-order valence-corrected chi connectivity index (χ0v) is 14.3. The van der Waals surface area contributed by atoms with Crippen LogP contribution in [0.1, 0.15) is 36.0 Å². The van der Waals surface area contributed by atoms with E-state index >= 15 is 0 Å². The molecule has 1 spiro atoms. The van der Waals surface area contributed by atoms with Gasteiger partial charge in [-0.25, -0.2) is 0 Å². The van der Waals surface area contributed by atoms with Gasteiger partial charge >= 0.3 is 6.29 Å². The number of alkyl halides is 2. The van der Waals surface area contributed by atoms with Crippen LogP contribution in [0, 0.1) is 5.92 Å². The summed E-state index contributed by atoms with van der Waals surface area (Å²) in [6, 6.07) is 4.33. The lowest BCUT2D eigenvalue weighted by molar-refractivity contribution is -0.286. The third-order valence-corrected chi connectivity index (χ3v) is 5.93. The Hall–Kier alpha value is -1.60. The van der Waals surface area contributed by atoms with Crippen molar-refractivity contribution in [1.29, 1.82) is 0 Å². The number of piperidine rings is 3. The number of rotatable bonds is 2. The first-order valence-corrected chi connectivity index (χ1v) is 8.43. The van der Waals surface area contributed by atoms with E-state index in [4.69, 9.17) is 0 Å². The van der Waals surface area contributed by atoms with Crippen LogP contribution in [-0.2, 0) is 0 Å². The van der Waals surface area contributed by atoms with Gasteiger partial charge in [0.1, 0.15) is 0 Å². The van der Waals surface area contributed by atoms with Crippen molar-refractivity contribution in [1.82, 2.24) is 10.2 Å². The summed E-state index contributed by atoms with van der Waals surface area (Å²) in [4.78, 5) is 15.2. The Bertz CT molecular complexity index is 718. The normalized spacial score (nSPS) is 32.2. The van der Waals surface area contributed by atoms with Crippen molar-refractivity contribution < 1.29 is 23.0 Å². The lowest BCUT2D eigenvalue weighted by atomic mass is 9.77. The summed E-state index contributed by atoms with van der Waals surface area (Å²) < 4.78 is 35.0. The molecule has 1 N–H and O–H groups in total. The van der Waals surface area contributed by atoms with Crippen molar-refractivity contribution in [2.75, 3.05) is 13.1 Å². The number of hydrogen-bond donors (Lipinski definition) is 1. The van der Waals surface area contributed by atoms with Crippen LogP contribution in [-0.4, -0.2) is 41.8 Å². The third-order valence-electron chi connectivity index (χ3n) is 5.93. The predicted octanol–water partition coefficient (Wildman–Crippen LogP) is 2.79. The molecule has 3 saturated heterocycles. The quantitative estimate of drug-likeness (QED) is 0.867. The van der Waals surface area contributed by atoms with E-state index in [1.807, 2.05) is 0 Å². The molecule has 8 heteroatoms. The van der Waals surface area contributed by atoms with Gasteiger partial charge in [0.15, 0.2) is 11.5 Å². The minimum absolute atomic E-state index is 0. The minimum atomic E-state index is -3.66. The standard InChI is InChI=1S/C17H18F2N2O3.ClH/c18-17(19)23-12-2-1-11(9-13(12)24-17)15(22)20-14-10-3-7-21(8-4-10)16(14)5-6-16;/h1-2,9-10,14H,3-8H2,(H,20,22);1H/t14-;/m1./s1. The Labute approximate surface area is 150 Å². The van der Waals surface area contributed by atoms with E-state index in [-0.39, 0.29) is 41.4 Å². The Kier molecular flexibility index (Phi) is 3.67. The molecule has 0 radical (unpaired) electrons. The van der Waals surface area contributed by atoms with Gasteiger partial charge < -0.3 is 14.8 Å². The molecule has 1 aromatic carbocycles. The van der Waals surface area contributed by atoms with Gasteiger partial charge in [-0.2, -0.15) is 0 Å². The van der Waals surface area contributed by atoms with Gasteiger partial charge in [0.25, 0.3) is 5.91 Å². The monoisotopic (exact) mass is 372 g/mol. The lowest BCUT2D eigenvalue weighted by Gasteiger charge is -2.52. The topological polar surface area (TPSA) is 50.8 Å². The highest BCUT2D eigenvalue weighted by Crippen LogP contribution is 2.53. The van der Waals surface area contributed by atoms with Crippen LogP contribution in [0.5, 0.6) is 11.5 Å². The van der Waals surface area contributed by atoms with Crippen LogP contribution in [0.4, 0.5) is 8.78 Å². The van der Waals surface area contributed by atoms with Crippen LogP contribution in [0.15, 0.2) is 18.2 Å². The SMILES string of the molecule is Cl.O=C(N[C@@H]1C2CCN(CC2)C12CC2)c1ccc2c(c1)OC(F)(F)O2. The fourth-order valence-electron chi connectivity index (χ4n) is 4.64. The fourth-order valence-corrected chi connectivity index (χ4v) is 4.64. The zero-order chi connectivity index (χ0) is 16.5. The van der Waals surface area contributed by atoms with Gasteiger partial charge in [0.05, 0.1) is 6.04 Å². The molecular formula is C17H19ClF2N2O3. The molecule has 6 rings (SSSR count). The van der Waals surface area contributed by atoms with Gasteiger partial charge in [-0.1, -0.05) is 0 Å². The number of nitrogens with zero attached hydrogens (tertiary/aromatic N) is 1. The fraction of sp³-hybridized carbons (Fsp3) is 0.588. The number of hydrogen-bond acceptors (Lipinski definition) is 4. The summed E-state index contributed by atoms with van der Waals surface area (Å²) in [6.45, 7) is 2.24. The molecule has 1 saturated carbocycles. The number of amides is 1. The van der Waals surface area contributed by atoms with Crippen molar-refractivity contribution in [3.8, 4) is 11.5 Å². The highest BCUT2D eigenvalue weighted by Gasteiger charge is 2.60. The number of carbonyl (C=O) groups excluding carboxylic acids is 1. The molecular weight excluding hydrogens is 354 g/mol. The van der Waals surface area contributed by atoms with Gasteiger partial charge in [-0.15, -0.1) is 21.2 Å². The zero-order valence-electron chi connectivity index (χ0n) is 13.5. The first-order chi connectivity index (χ1) is 11.5. The number of halogens is 3. The number of nitrogens with one attached hydrogen (secondary N) is 1. The third kappa shape index (κ3) is 2.56. The summed E-state index contributed by atoms with van der Waals surface area (Å²) in [5.74, 6) is 0.141. The minimum Gasteiger partial charge on any atom is -0.395 e. The molecule has 4 aliphatic heterocycles. The molecule has 1 aliphatic carbocycles. The molecule has 5 nitrogen and oxygen atoms in total. The first-order valence-electron chi connectivity index (χ1n) is 8.43. The molecule has 0 aromatic heterocycles. The van der Waals surface area contributed by atoms with Crippen LogP contribution >= 0.6 is 12.4 Å². The van der Waals surface area contributed by atoms with E-state index in [0.29, 0.717) is 11.5 Å². The molecule has 4 heterocycles. The van der Waals surface area contributed by atoms with Gasteiger partial charge in [-0.05, 0) is 62.9 Å². The average molecular weight is 373 g/mol. The summed E-state index contributed by atoms with van der Waals surface area (Å²) in [5.41, 5.74) is 0.461. The van der Waals surface area contributed by atoms with Crippen LogP contribution in [0.2, 0.25) is 0 Å².